The van der Waals surface area contributed by atoms with Gasteiger partial charge in [-0.15, -0.1) is 0 Å². The van der Waals surface area contributed by atoms with Gasteiger partial charge < -0.3 is 9.47 Å². The molecule has 4 heteroatoms. The van der Waals surface area contributed by atoms with Gasteiger partial charge in [0.05, 0.1) is 13.2 Å². The summed E-state index contributed by atoms with van der Waals surface area (Å²) in [5.41, 5.74) is 21.2. The van der Waals surface area contributed by atoms with E-state index in [1.54, 1.807) is 0 Å². The minimum absolute atomic E-state index is 0.229. The van der Waals surface area contributed by atoms with Gasteiger partial charge in [0.25, 0.3) is 0 Å². The fourth-order valence-electron chi connectivity index (χ4n) is 10.8. The van der Waals surface area contributed by atoms with Gasteiger partial charge in [0, 0.05) is 29.4 Å². The maximum atomic E-state index is 12.2. The molecule has 7 aromatic carbocycles. The van der Waals surface area contributed by atoms with Crippen LogP contribution in [0.1, 0.15) is 61.4 Å². The predicted molar refractivity (Wildman–Crippen MR) is 253 cm³/mol. The third-order valence-electron chi connectivity index (χ3n) is 13.8. The zero-order chi connectivity index (χ0) is 42.9. The van der Waals surface area contributed by atoms with E-state index in [4.69, 9.17) is 16.1 Å². The van der Waals surface area contributed by atoms with Crippen molar-refractivity contribution in [3.05, 3.63) is 193 Å². The maximum Gasteiger partial charge on any atom is 0.330 e. The Hall–Kier alpha value is -7.04. The summed E-state index contributed by atoms with van der Waals surface area (Å²) in [7, 11) is 0. The third kappa shape index (κ3) is 5.95. The number of carbonyl (C=O) groups is 2. The molecular weight excluding hydrogens is 761 g/mol. The van der Waals surface area contributed by atoms with Gasteiger partial charge in [0.15, 0.2) is 0 Å². The number of allylic oxidation sites excluding steroid dienone is 1. The summed E-state index contributed by atoms with van der Waals surface area (Å²) >= 11 is 0. The highest BCUT2D eigenvalue weighted by atomic mass is 16.5. The predicted octanol–water partition coefficient (Wildman–Crippen LogP) is 13.8. The number of benzene rings is 7. The molecule has 0 amide bonds. The van der Waals surface area contributed by atoms with Gasteiger partial charge in [-0.1, -0.05) is 148 Å². The van der Waals surface area contributed by atoms with Gasteiger partial charge in [0.2, 0.25) is 0 Å². The molecule has 10 rings (SSSR count). The Labute approximate surface area is 363 Å². The molecule has 0 saturated carbocycles. The summed E-state index contributed by atoms with van der Waals surface area (Å²) in [6.45, 7) is 19.2. The molecule has 1 unspecified atom stereocenters. The lowest BCUT2D eigenvalue weighted by atomic mass is 9.69. The number of ether oxygens (including phenoxy) is 2. The number of rotatable bonds is 12. The van der Waals surface area contributed by atoms with E-state index < -0.39 is 17.4 Å². The molecule has 0 heterocycles. The van der Waals surface area contributed by atoms with Crippen LogP contribution in [0.5, 0.6) is 0 Å². The van der Waals surface area contributed by atoms with Gasteiger partial charge in [-0.2, -0.15) is 0 Å². The molecule has 304 valence electrons. The van der Waals surface area contributed by atoms with Crippen molar-refractivity contribution < 1.29 is 19.1 Å². The molecule has 7 aromatic rings. The molecule has 0 aliphatic heterocycles. The fraction of sp³-hybridized carbons (Fsp3) is 0.172. The Morgan fingerprint density at radius 3 is 1.69 bits per heavy atom. The monoisotopic (exact) mass is 808 g/mol. The van der Waals surface area contributed by atoms with E-state index in [1.807, 2.05) is 0 Å². The van der Waals surface area contributed by atoms with Crippen molar-refractivity contribution >= 4 is 22.7 Å². The van der Waals surface area contributed by atoms with Gasteiger partial charge in [-0.05, 0) is 143 Å². The molecule has 0 spiro atoms. The van der Waals surface area contributed by atoms with Crippen molar-refractivity contribution in [2.24, 2.45) is 0 Å². The van der Waals surface area contributed by atoms with Crippen LogP contribution in [0.3, 0.4) is 0 Å². The van der Waals surface area contributed by atoms with E-state index in [2.05, 4.69) is 161 Å². The van der Waals surface area contributed by atoms with Gasteiger partial charge in [0.1, 0.15) is 0 Å². The van der Waals surface area contributed by atoms with Crippen LogP contribution in [0.4, 0.5) is 0 Å². The highest BCUT2D eigenvalue weighted by Crippen LogP contribution is 2.58. The first-order valence-corrected chi connectivity index (χ1v) is 21.5. The Morgan fingerprint density at radius 2 is 1.05 bits per heavy atom. The van der Waals surface area contributed by atoms with Crippen LogP contribution in [0.25, 0.3) is 77.5 Å². The summed E-state index contributed by atoms with van der Waals surface area (Å²) in [5.74, 6) is -0.812. The Balaban J connectivity index is 1.05. The van der Waals surface area contributed by atoms with E-state index in [0.717, 1.165) is 28.7 Å². The Bertz CT molecular complexity index is 3060. The van der Waals surface area contributed by atoms with Gasteiger partial charge in [-0.25, -0.2) is 9.59 Å². The normalized spacial score (nSPS) is 15.5. The summed E-state index contributed by atoms with van der Waals surface area (Å²) in [4.78, 5) is 23.8. The SMILES string of the molecule is C=CC(=O)OCCCC1(C(=C)C)c2cc(-c3ccc4c(c3)C(C)(C)c3cc(CCOC(=O)C=C)ccc3-4)ccc2-c2ccc(-c3ccc4c5c(cccc35)-c3ccccc3-4)cc21. The number of fused-ring (bicyclic) bond motifs is 9. The van der Waals surface area contributed by atoms with Crippen molar-refractivity contribution in [2.45, 2.75) is 50.9 Å². The van der Waals surface area contributed by atoms with E-state index in [-0.39, 0.29) is 5.41 Å². The second-order valence-corrected chi connectivity index (χ2v) is 17.5. The molecule has 3 aliphatic carbocycles. The molecule has 0 radical (unpaired) electrons. The number of hydrogen-bond acceptors (Lipinski definition) is 4. The summed E-state index contributed by atoms with van der Waals surface area (Å²) in [6, 6.07) is 47.4. The molecule has 0 aromatic heterocycles. The van der Waals surface area contributed by atoms with Gasteiger partial charge >= 0.3 is 11.9 Å². The van der Waals surface area contributed by atoms with Crippen LogP contribution in [0.15, 0.2) is 165 Å². The minimum atomic E-state index is -0.523. The maximum absolute atomic E-state index is 12.2. The van der Waals surface area contributed by atoms with Crippen LogP contribution >= 0.6 is 0 Å². The van der Waals surface area contributed by atoms with Crippen LogP contribution in [0.2, 0.25) is 0 Å². The molecule has 4 nitrogen and oxygen atoms in total. The van der Waals surface area contributed by atoms with Crippen molar-refractivity contribution in [1.82, 2.24) is 0 Å². The molecule has 1 atom stereocenters. The highest BCUT2D eigenvalue weighted by Gasteiger charge is 2.44. The van der Waals surface area contributed by atoms with Crippen LogP contribution in [-0.2, 0) is 36.3 Å². The standard InChI is InChI=1S/C58H48O4/c1-7-54(59)61-29-12-28-58(35(3)4)52-33-38(37-18-22-44-43-21-17-36(27-30-62-55(60)8-2)31-50(43)57(5,6)51(44)32-37)19-23-45(52)46-24-20-39(34-53(46)58)40-25-26-49-42-14-10-9-13-41(42)48-16-11-15-47(40)56(48)49/h7-11,13-26,31-34H,1-3,12,27-30H2,4-6H3. The minimum Gasteiger partial charge on any atom is -0.463 e. The molecule has 0 fully saturated rings. The third-order valence-corrected chi connectivity index (χ3v) is 13.8. The Kier molecular flexibility index (Phi) is 9.37. The van der Waals surface area contributed by atoms with E-state index in [9.17, 15) is 9.59 Å². The second-order valence-electron chi connectivity index (χ2n) is 17.5. The topological polar surface area (TPSA) is 52.6 Å². The van der Waals surface area contributed by atoms with E-state index >= 15 is 0 Å². The molecule has 0 saturated heterocycles. The van der Waals surface area contributed by atoms with Crippen LogP contribution < -0.4 is 0 Å². The number of esters is 2. The first kappa shape index (κ1) is 39.1. The Morgan fingerprint density at radius 1 is 0.548 bits per heavy atom. The van der Waals surface area contributed by atoms with E-state index in [0.29, 0.717) is 26.1 Å². The van der Waals surface area contributed by atoms with Crippen molar-refractivity contribution in [2.75, 3.05) is 13.2 Å². The number of carbonyl (C=O) groups excluding carboxylic acids is 2. The van der Waals surface area contributed by atoms with Crippen LogP contribution in [-0.4, -0.2) is 25.2 Å². The average Bonchev–Trinajstić information content (AvgIpc) is 3.86. The number of hydrogen-bond donors (Lipinski definition) is 0. The summed E-state index contributed by atoms with van der Waals surface area (Å²) < 4.78 is 10.9. The van der Waals surface area contributed by atoms with E-state index in [1.165, 1.54) is 101 Å². The van der Waals surface area contributed by atoms with Crippen molar-refractivity contribution in [3.63, 3.8) is 0 Å². The molecular formula is C58H48O4. The zero-order valence-corrected chi connectivity index (χ0v) is 35.6. The quantitative estimate of drug-likeness (QED) is 0.0534. The average molecular weight is 809 g/mol. The lowest BCUT2D eigenvalue weighted by Gasteiger charge is -2.34. The van der Waals surface area contributed by atoms with Crippen molar-refractivity contribution in [3.8, 4) is 66.8 Å². The summed E-state index contributed by atoms with van der Waals surface area (Å²) in [6.07, 6.45) is 4.45. The molecule has 0 bridgehead atoms. The fourth-order valence-corrected chi connectivity index (χ4v) is 10.8. The first-order valence-electron chi connectivity index (χ1n) is 21.5. The molecule has 3 aliphatic rings. The first-order chi connectivity index (χ1) is 30.0. The van der Waals surface area contributed by atoms with Gasteiger partial charge in [-0.3, -0.25) is 0 Å². The summed E-state index contributed by atoms with van der Waals surface area (Å²) in [5, 5.41) is 2.56. The lowest BCUT2D eigenvalue weighted by molar-refractivity contribution is -0.138. The second kappa shape index (κ2) is 14.8. The highest BCUT2D eigenvalue weighted by molar-refractivity contribution is 6.18. The lowest BCUT2D eigenvalue weighted by Crippen LogP contribution is -2.27. The van der Waals surface area contributed by atoms with Crippen LogP contribution in [0, 0.1) is 0 Å². The van der Waals surface area contributed by atoms with Crippen molar-refractivity contribution in [1.29, 1.82) is 0 Å². The molecule has 0 N–H and O–H groups in total. The smallest absolute Gasteiger partial charge is 0.330 e. The largest absolute Gasteiger partial charge is 0.463 e. The molecule has 62 heavy (non-hydrogen) atoms. The zero-order valence-electron chi connectivity index (χ0n) is 35.6.